The van der Waals surface area contributed by atoms with E-state index in [4.69, 9.17) is 4.74 Å². The number of halogens is 2. The van der Waals surface area contributed by atoms with Crippen molar-refractivity contribution in [3.05, 3.63) is 94.2 Å². The van der Waals surface area contributed by atoms with Crippen molar-refractivity contribution >= 4 is 23.3 Å². The Morgan fingerprint density at radius 1 is 1.00 bits per heavy atom. The minimum Gasteiger partial charge on any atom is -0.487 e. The van der Waals surface area contributed by atoms with Gasteiger partial charge in [0, 0.05) is 22.8 Å². The molecule has 0 aliphatic carbocycles. The van der Waals surface area contributed by atoms with Crippen molar-refractivity contribution in [2.75, 3.05) is 0 Å². The lowest BCUT2D eigenvalue weighted by Gasteiger charge is -2.13. The summed E-state index contributed by atoms with van der Waals surface area (Å²) < 4.78 is 22.6. The third kappa shape index (κ3) is 4.05. The number of aromatic nitrogens is 2. The minimum absolute atomic E-state index is 0. The number of fused-ring (bicyclic) bond motifs is 1. The molecule has 0 saturated heterocycles. The van der Waals surface area contributed by atoms with Gasteiger partial charge >= 0.3 is 0 Å². The van der Waals surface area contributed by atoms with Gasteiger partial charge in [0.15, 0.2) is 0 Å². The Labute approximate surface area is 182 Å². The lowest BCUT2D eigenvalue weighted by Crippen LogP contribution is -2.08. The first kappa shape index (κ1) is 21.8. The van der Waals surface area contributed by atoms with E-state index in [9.17, 15) is 4.39 Å². The molecule has 0 N–H and O–H groups in total. The van der Waals surface area contributed by atoms with Gasteiger partial charge in [-0.2, -0.15) is 0 Å². The number of hydrogen-bond acceptors (Lipinski definition) is 2. The van der Waals surface area contributed by atoms with Gasteiger partial charge < -0.3 is 9.30 Å². The molecule has 3 nitrogen and oxygen atoms in total. The van der Waals surface area contributed by atoms with Crippen LogP contribution in [0.3, 0.4) is 0 Å². The van der Waals surface area contributed by atoms with Crippen LogP contribution in [0, 0.1) is 33.5 Å². The van der Waals surface area contributed by atoms with E-state index in [1.165, 1.54) is 17.2 Å². The van der Waals surface area contributed by atoms with Crippen LogP contribution in [0.5, 0.6) is 5.75 Å². The topological polar surface area (TPSA) is 27.1 Å². The highest BCUT2D eigenvalue weighted by Gasteiger charge is 2.17. The maximum Gasteiger partial charge on any atom is 0.132 e. The lowest BCUT2D eigenvalue weighted by molar-refractivity contribution is 0.300. The van der Waals surface area contributed by atoms with Gasteiger partial charge in [0.05, 0.1) is 12.1 Å². The summed E-state index contributed by atoms with van der Waals surface area (Å²) in [5, 5.41) is 1.13. The monoisotopic (exact) mass is 424 g/mol. The molecular formula is C25H26ClFN2O. The van der Waals surface area contributed by atoms with Crippen LogP contribution < -0.4 is 4.74 Å². The van der Waals surface area contributed by atoms with E-state index in [2.05, 4.69) is 36.4 Å². The van der Waals surface area contributed by atoms with Crippen LogP contribution in [-0.4, -0.2) is 9.55 Å². The summed E-state index contributed by atoms with van der Waals surface area (Å²) in [6, 6.07) is 15.1. The van der Waals surface area contributed by atoms with Crippen LogP contribution in [-0.2, 0) is 13.2 Å². The Hall–Kier alpha value is -2.85. The van der Waals surface area contributed by atoms with Gasteiger partial charge in [-0.05, 0) is 57.0 Å². The molecule has 4 rings (SSSR count). The van der Waals surface area contributed by atoms with Gasteiger partial charge in [-0.25, -0.2) is 4.39 Å². The van der Waals surface area contributed by atoms with Crippen LogP contribution in [0.25, 0.3) is 10.9 Å². The quantitative estimate of drug-likeness (QED) is 0.367. The Morgan fingerprint density at radius 3 is 2.50 bits per heavy atom. The average Bonchev–Trinajstić information content (AvgIpc) is 2.94. The molecule has 5 heteroatoms. The highest BCUT2D eigenvalue weighted by atomic mass is 35.5. The molecule has 0 spiro atoms. The molecule has 0 saturated carbocycles. The summed E-state index contributed by atoms with van der Waals surface area (Å²) in [5.74, 6) is 0.665. The van der Waals surface area contributed by atoms with Crippen LogP contribution in [0.2, 0.25) is 0 Å². The van der Waals surface area contributed by atoms with Crippen molar-refractivity contribution in [2.24, 2.45) is 0 Å². The van der Waals surface area contributed by atoms with E-state index in [0.717, 1.165) is 33.6 Å². The first-order valence-electron chi connectivity index (χ1n) is 9.82. The summed E-state index contributed by atoms with van der Waals surface area (Å²) in [6.45, 7) is 9.12. The SMILES string of the molecule is Cc1ccc(OCc2nccc3c(C)c(C)n(Cc4ccccc4F)c23)c(C)c1.Cl. The molecule has 0 bridgehead atoms. The zero-order valence-electron chi connectivity index (χ0n) is 17.7. The van der Waals surface area contributed by atoms with E-state index in [0.29, 0.717) is 18.7 Å². The lowest BCUT2D eigenvalue weighted by atomic mass is 10.1. The van der Waals surface area contributed by atoms with Crippen LogP contribution in [0.1, 0.15) is 33.6 Å². The maximum absolute atomic E-state index is 14.3. The zero-order chi connectivity index (χ0) is 20.5. The fraction of sp³-hybridized carbons (Fsp3) is 0.240. The third-order valence-corrected chi connectivity index (χ3v) is 5.60. The maximum atomic E-state index is 14.3. The van der Waals surface area contributed by atoms with Gasteiger partial charge in [0.25, 0.3) is 0 Å². The van der Waals surface area contributed by atoms with E-state index in [-0.39, 0.29) is 18.2 Å². The van der Waals surface area contributed by atoms with E-state index in [1.54, 1.807) is 6.07 Å². The van der Waals surface area contributed by atoms with Crippen LogP contribution in [0.15, 0.2) is 54.7 Å². The average molecular weight is 425 g/mol. The van der Waals surface area contributed by atoms with E-state index >= 15 is 0 Å². The Bertz CT molecular complexity index is 1200. The molecule has 0 aliphatic heterocycles. The summed E-state index contributed by atoms with van der Waals surface area (Å²) in [7, 11) is 0. The van der Waals surface area contributed by atoms with Crippen molar-refractivity contribution < 1.29 is 9.13 Å². The predicted molar refractivity (Wildman–Crippen MR) is 122 cm³/mol. The Kier molecular flexibility index (Phi) is 6.47. The number of benzene rings is 2. The fourth-order valence-corrected chi connectivity index (χ4v) is 3.87. The molecule has 2 heterocycles. The third-order valence-electron chi connectivity index (χ3n) is 5.60. The number of nitrogens with zero attached hydrogens (tertiary/aromatic N) is 2. The van der Waals surface area contributed by atoms with Crippen LogP contribution in [0.4, 0.5) is 4.39 Å². The molecular weight excluding hydrogens is 399 g/mol. The summed E-state index contributed by atoms with van der Waals surface area (Å²) >= 11 is 0. The van der Waals surface area contributed by atoms with Gasteiger partial charge in [0.2, 0.25) is 0 Å². The number of aryl methyl sites for hydroxylation is 3. The molecule has 30 heavy (non-hydrogen) atoms. The normalized spacial score (nSPS) is 10.8. The molecule has 2 aromatic heterocycles. The predicted octanol–water partition coefficient (Wildman–Crippen LogP) is 6.46. The number of rotatable bonds is 5. The highest BCUT2D eigenvalue weighted by Crippen LogP contribution is 2.29. The van der Waals surface area contributed by atoms with Crippen LogP contribution >= 0.6 is 12.4 Å². The van der Waals surface area contributed by atoms with Gasteiger partial charge in [-0.15, -0.1) is 12.4 Å². The molecule has 0 amide bonds. The Balaban J connectivity index is 0.00000256. The number of hydrogen-bond donors (Lipinski definition) is 0. The van der Waals surface area contributed by atoms with Gasteiger partial charge in [0.1, 0.15) is 23.9 Å². The smallest absolute Gasteiger partial charge is 0.132 e. The van der Waals surface area contributed by atoms with E-state index in [1.807, 2.05) is 43.5 Å². The van der Waals surface area contributed by atoms with Crippen molar-refractivity contribution in [3.63, 3.8) is 0 Å². The van der Waals surface area contributed by atoms with Gasteiger partial charge in [-0.3, -0.25) is 4.98 Å². The molecule has 0 aliphatic rings. The zero-order valence-corrected chi connectivity index (χ0v) is 18.5. The minimum atomic E-state index is -0.191. The molecule has 0 radical (unpaired) electrons. The van der Waals surface area contributed by atoms with Crippen molar-refractivity contribution in [2.45, 2.75) is 40.8 Å². The van der Waals surface area contributed by atoms with Crippen molar-refractivity contribution in [1.29, 1.82) is 0 Å². The number of ether oxygens (including phenoxy) is 1. The van der Waals surface area contributed by atoms with Crippen molar-refractivity contribution in [3.8, 4) is 5.75 Å². The molecule has 0 atom stereocenters. The van der Waals surface area contributed by atoms with Crippen molar-refractivity contribution in [1.82, 2.24) is 9.55 Å². The second-order valence-corrected chi connectivity index (χ2v) is 7.60. The largest absolute Gasteiger partial charge is 0.487 e. The molecule has 2 aromatic carbocycles. The molecule has 156 valence electrons. The Morgan fingerprint density at radius 2 is 1.77 bits per heavy atom. The summed E-state index contributed by atoms with van der Waals surface area (Å²) in [6.07, 6.45) is 1.82. The molecule has 0 fully saturated rings. The number of pyridine rings is 1. The highest BCUT2D eigenvalue weighted by molar-refractivity contribution is 5.87. The van der Waals surface area contributed by atoms with Gasteiger partial charge in [-0.1, -0.05) is 35.9 Å². The molecule has 4 aromatic rings. The standard InChI is InChI=1S/C25H25FN2O.ClH/c1-16-9-10-24(17(2)13-16)29-15-23-25-21(11-12-27-23)18(3)19(4)28(25)14-20-7-5-6-8-22(20)26;/h5-13H,14-15H2,1-4H3;1H. The second kappa shape index (κ2) is 8.88. The molecule has 0 unspecified atom stereocenters. The van der Waals surface area contributed by atoms with E-state index < -0.39 is 0 Å². The fourth-order valence-electron chi connectivity index (χ4n) is 3.87. The summed E-state index contributed by atoms with van der Waals surface area (Å²) in [4.78, 5) is 4.61. The first-order chi connectivity index (χ1) is 14.0. The first-order valence-corrected chi connectivity index (χ1v) is 9.82. The second-order valence-electron chi connectivity index (χ2n) is 7.60. The summed E-state index contributed by atoms with van der Waals surface area (Å²) in [5.41, 5.74) is 7.14.